The summed E-state index contributed by atoms with van der Waals surface area (Å²) in [5, 5.41) is 10.5. The standard InChI is InChI=1S/C22H21N3O5S/c1-25-21(27)19(20(26)24-22(25)28)14-11-18(31-17-7-5-4-6-13(17)23-14)12-8-9-15(29-2)16(10-12)30-3/h4-10,18,27H,11H2,1-3H3,(H,24,26,28). The van der Waals surface area contributed by atoms with Crippen LogP contribution < -0.4 is 20.7 Å². The van der Waals surface area contributed by atoms with Gasteiger partial charge in [0.2, 0.25) is 5.88 Å². The number of fused-ring (bicyclic) bond motifs is 1. The maximum Gasteiger partial charge on any atom is 0.330 e. The summed E-state index contributed by atoms with van der Waals surface area (Å²) in [6.45, 7) is 0. The van der Waals surface area contributed by atoms with E-state index in [9.17, 15) is 14.7 Å². The number of hydrogen-bond donors (Lipinski definition) is 2. The summed E-state index contributed by atoms with van der Waals surface area (Å²) in [6, 6.07) is 13.3. The van der Waals surface area contributed by atoms with E-state index < -0.39 is 17.1 Å². The van der Waals surface area contributed by atoms with E-state index >= 15 is 0 Å². The highest BCUT2D eigenvalue weighted by Gasteiger charge is 2.27. The largest absolute Gasteiger partial charge is 0.494 e. The first-order valence-electron chi connectivity index (χ1n) is 9.50. The molecule has 0 spiro atoms. The third-order valence-corrected chi connectivity index (χ3v) is 6.45. The topological polar surface area (TPSA) is 106 Å². The molecule has 1 aromatic heterocycles. The lowest BCUT2D eigenvalue weighted by molar-refractivity contribution is 0.354. The molecule has 1 atom stereocenters. The van der Waals surface area contributed by atoms with Crippen LogP contribution in [0, 0.1) is 0 Å². The lowest BCUT2D eigenvalue weighted by atomic mass is 10.0. The molecule has 2 aromatic carbocycles. The smallest absolute Gasteiger partial charge is 0.330 e. The molecule has 0 amide bonds. The molecule has 0 radical (unpaired) electrons. The molecule has 0 bridgehead atoms. The molecule has 1 unspecified atom stereocenters. The van der Waals surface area contributed by atoms with Crippen molar-refractivity contribution in [2.24, 2.45) is 12.0 Å². The summed E-state index contributed by atoms with van der Waals surface area (Å²) >= 11 is 1.61. The van der Waals surface area contributed by atoms with Gasteiger partial charge in [0.1, 0.15) is 5.56 Å². The molecule has 0 saturated carbocycles. The highest BCUT2D eigenvalue weighted by Crippen LogP contribution is 2.47. The average Bonchev–Trinajstić information content (AvgIpc) is 2.96. The van der Waals surface area contributed by atoms with E-state index in [0.29, 0.717) is 29.3 Å². The highest BCUT2D eigenvalue weighted by atomic mass is 32.2. The average molecular weight is 439 g/mol. The van der Waals surface area contributed by atoms with Crippen molar-refractivity contribution in [1.82, 2.24) is 9.55 Å². The molecule has 2 N–H and O–H groups in total. The van der Waals surface area contributed by atoms with E-state index in [1.807, 2.05) is 42.5 Å². The Kier molecular flexibility index (Phi) is 5.60. The molecule has 0 fully saturated rings. The fraction of sp³-hybridized carbons (Fsp3) is 0.227. The second-order valence-electron chi connectivity index (χ2n) is 6.97. The van der Waals surface area contributed by atoms with Crippen LogP contribution in [0.15, 0.2) is 61.9 Å². The van der Waals surface area contributed by atoms with Crippen LogP contribution in [0.1, 0.15) is 22.8 Å². The summed E-state index contributed by atoms with van der Waals surface area (Å²) in [5.41, 5.74) is 0.670. The number of aromatic nitrogens is 2. The summed E-state index contributed by atoms with van der Waals surface area (Å²) in [5.74, 6) is 0.800. The lowest BCUT2D eigenvalue weighted by Crippen LogP contribution is -2.32. The van der Waals surface area contributed by atoms with Crippen LogP contribution >= 0.6 is 11.8 Å². The minimum atomic E-state index is -0.688. The van der Waals surface area contributed by atoms with Gasteiger partial charge in [0.15, 0.2) is 11.5 Å². The molecular formula is C22H21N3O5S. The number of H-pyrrole nitrogens is 1. The van der Waals surface area contributed by atoms with Gasteiger partial charge < -0.3 is 14.6 Å². The van der Waals surface area contributed by atoms with Crippen LogP contribution in [0.5, 0.6) is 17.4 Å². The summed E-state index contributed by atoms with van der Waals surface area (Å²) in [7, 11) is 4.54. The predicted octanol–water partition coefficient (Wildman–Crippen LogP) is 3.15. The zero-order valence-corrected chi connectivity index (χ0v) is 18.0. The number of thioether (sulfide) groups is 1. The third kappa shape index (κ3) is 3.84. The number of aromatic hydroxyl groups is 1. The van der Waals surface area contributed by atoms with Gasteiger partial charge in [-0.15, -0.1) is 11.8 Å². The Morgan fingerprint density at radius 1 is 1.13 bits per heavy atom. The number of methoxy groups -OCH3 is 2. The normalized spacial score (nSPS) is 15.6. The van der Waals surface area contributed by atoms with Gasteiger partial charge in [-0.2, -0.15) is 0 Å². The first-order valence-corrected chi connectivity index (χ1v) is 10.4. The van der Waals surface area contributed by atoms with Crippen molar-refractivity contribution < 1.29 is 14.6 Å². The van der Waals surface area contributed by atoms with Crippen molar-refractivity contribution in [1.29, 1.82) is 0 Å². The van der Waals surface area contributed by atoms with Crippen molar-refractivity contribution in [3.63, 3.8) is 0 Å². The van der Waals surface area contributed by atoms with Crippen molar-refractivity contribution in [2.75, 3.05) is 14.2 Å². The van der Waals surface area contributed by atoms with Gasteiger partial charge in [-0.1, -0.05) is 18.2 Å². The van der Waals surface area contributed by atoms with E-state index in [0.717, 1.165) is 15.0 Å². The first kappa shape index (κ1) is 20.8. The van der Waals surface area contributed by atoms with Crippen LogP contribution in [-0.4, -0.2) is 34.6 Å². The molecule has 0 saturated heterocycles. The maximum absolute atomic E-state index is 12.6. The number of nitrogens with one attached hydrogen (secondary N) is 1. The van der Waals surface area contributed by atoms with Crippen LogP contribution in [-0.2, 0) is 7.05 Å². The minimum Gasteiger partial charge on any atom is -0.494 e. The quantitative estimate of drug-likeness (QED) is 0.647. The Bertz CT molecular complexity index is 1300. The molecule has 0 aliphatic carbocycles. The predicted molar refractivity (Wildman–Crippen MR) is 119 cm³/mol. The second-order valence-corrected chi connectivity index (χ2v) is 8.21. The summed E-state index contributed by atoms with van der Waals surface area (Å²) < 4.78 is 11.8. The molecule has 1 aliphatic rings. The third-order valence-electron chi connectivity index (χ3n) is 5.13. The maximum atomic E-state index is 12.6. The Hall–Kier alpha value is -3.46. The second kappa shape index (κ2) is 8.35. The van der Waals surface area contributed by atoms with Crippen molar-refractivity contribution in [3.8, 4) is 17.4 Å². The van der Waals surface area contributed by atoms with Gasteiger partial charge in [-0.3, -0.25) is 19.3 Å². The van der Waals surface area contributed by atoms with Crippen LogP contribution in [0.25, 0.3) is 0 Å². The lowest BCUT2D eigenvalue weighted by Gasteiger charge is -2.18. The summed E-state index contributed by atoms with van der Waals surface area (Å²) in [6.07, 6.45) is 0.351. The number of ether oxygens (including phenoxy) is 2. The molecule has 160 valence electrons. The molecule has 4 rings (SSSR count). The van der Waals surface area contributed by atoms with E-state index in [2.05, 4.69) is 4.98 Å². The minimum absolute atomic E-state index is 0.00937. The fourth-order valence-corrected chi connectivity index (χ4v) is 4.70. The van der Waals surface area contributed by atoms with E-state index in [-0.39, 0.29) is 10.8 Å². The number of para-hydroxylation sites is 1. The SMILES string of the molecule is COc1ccc(C2CC(c3c(O)n(C)c(=O)[nH]c3=O)=Nc3ccccc3S2)cc1OC. The van der Waals surface area contributed by atoms with Gasteiger partial charge in [0.05, 0.1) is 25.6 Å². The van der Waals surface area contributed by atoms with Crippen molar-refractivity contribution in [3.05, 3.63) is 74.4 Å². The Labute approximate surface area is 182 Å². The van der Waals surface area contributed by atoms with E-state index in [1.165, 1.54) is 7.05 Å². The van der Waals surface area contributed by atoms with Crippen molar-refractivity contribution >= 4 is 23.2 Å². The van der Waals surface area contributed by atoms with Crippen molar-refractivity contribution in [2.45, 2.75) is 16.6 Å². The monoisotopic (exact) mass is 439 g/mol. The highest BCUT2D eigenvalue weighted by molar-refractivity contribution is 7.99. The Morgan fingerprint density at radius 2 is 1.87 bits per heavy atom. The molecule has 8 nitrogen and oxygen atoms in total. The van der Waals surface area contributed by atoms with Crippen LogP contribution in [0.2, 0.25) is 0 Å². The molecule has 3 aromatic rings. The molecular weight excluding hydrogens is 418 g/mol. The number of aromatic amines is 1. The van der Waals surface area contributed by atoms with E-state index in [1.54, 1.807) is 26.0 Å². The number of hydrogen-bond acceptors (Lipinski definition) is 7. The molecule has 31 heavy (non-hydrogen) atoms. The Morgan fingerprint density at radius 3 is 2.61 bits per heavy atom. The zero-order valence-electron chi connectivity index (χ0n) is 17.2. The van der Waals surface area contributed by atoms with E-state index in [4.69, 9.17) is 14.5 Å². The van der Waals surface area contributed by atoms with Gasteiger partial charge in [0, 0.05) is 23.6 Å². The number of nitrogens with zero attached hydrogens (tertiary/aromatic N) is 2. The fourth-order valence-electron chi connectivity index (χ4n) is 3.48. The van der Waals surface area contributed by atoms with Gasteiger partial charge in [-0.25, -0.2) is 4.79 Å². The molecule has 1 aliphatic heterocycles. The zero-order chi connectivity index (χ0) is 22.1. The number of benzene rings is 2. The van der Waals surface area contributed by atoms with Gasteiger partial charge in [0.25, 0.3) is 5.56 Å². The molecule has 2 heterocycles. The number of rotatable bonds is 4. The number of aliphatic imine (C=N–C) groups is 1. The first-order chi connectivity index (χ1) is 14.9. The molecule has 9 heteroatoms. The van der Waals surface area contributed by atoms with Gasteiger partial charge in [-0.05, 0) is 29.8 Å². The summed E-state index contributed by atoms with van der Waals surface area (Å²) in [4.78, 5) is 32.4. The van der Waals surface area contributed by atoms with Gasteiger partial charge >= 0.3 is 5.69 Å². The van der Waals surface area contributed by atoms with Crippen LogP contribution in [0.4, 0.5) is 5.69 Å². The van der Waals surface area contributed by atoms with Crippen LogP contribution in [0.3, 0.4) is 0 Å². The Balaban J connectivity index is 1.88.